The molecule has 0 fully saturated rings. The summed E-state index contributed by atoms with van der Waals surface area (Å²) >= 11 is 0. The first-order valence-corrected chi connectivity index (χ1v) is 8.05. The first-order chi connectivity index (χ1) is 11.4. The SMILES string of the molecule is CCC(CNC(=O)c1cc(C)ccc1C)(C(=O)O)c1ccccc1. The lowest BCUT2D eigenvalue weighted by atomic mass is 9.78. The molecule has 4 nitrogen and oxygen atoms in total. The van der Waals surface area contributed by atoms with Crippen molar-refractivity contribution in [2.75, 3.05) is 6.54 Å². The Balaban J connectivity index is 2.27. The smallest absolute Gasteiger partial charge is 0.315 e. The summed E-state index contributed by atoms with van der Waals surface area (Å²) in [5.74, 6) is -1.18. The molecule has 0 spiro atoms. The highest BCUT2D eigenvalue weighted by atomic mass is 16.4. The van der Waals surface area contributed by atoms with E-state index in [9.17, 15) is 14.7 Å². The highest BCUT2D eigenvalue weighted by Crippen LogP contribution is 2.28. The summed E-state index contributed by atoms with van der Waals surface area (Å²) in [6, 6.07) is 14.7. The quantitative estimate of drug-likeness (QED) is 0.854. The minimum absolute atomic E-state index is 0.0507. The molecular weight excluding hydrogens is 302 g/mol. The lowest BCUT2D eigenvalue weighted by Crippen LogP contribution is -2.46. The standard InChI is InChI=1S/C20H23NO3/c1-4-20(19(23)24,16-8-6-5-7-9-16)13-21-18(22)17-12-14(2)10-11-15(17)3/h5-12H,4,13H2,1-3H3,(H,21,22)(H,23,24). The maximum absolute atomic E-state index is 12.5. The zero-order chi connectivity index (χ0) is 17.7. The number of benzene rings is 2. The summed E-state index contributed by atoms with van der Waals surface area (Å²) in [5, 5.41) is 12.6. The van der Waals surface area contributed by atoms with E-state index < -0.39 is 11.4 Å². The van der Waals surface area contributed by atoms with E-state index in [1.54, 1.807) is 12.1 Å². The van der Waals surface area contributed by atoms with Crippen molar-refractivity contribution < 1.29 is 14.7 Å². The summed E-state index contributed by atoms with van der Waals surface area (Å²) in [5.41, 5.74) is 2.01. The van der Waals surface area contributed by atoms with Gasteiger partial charge in [0.05, 0.1) is 0 Å². The van der Waals surface area contributed by atoms with Gasteiger partial charge in [0.25, 0.3) is 5.91 Å². The van der Waals surface area contributed by atoms with Crippen LogP contribution in [-0.2, 0) is 10.2 Å². The number of amides is 1. The number of aliphatic carboxylic acids is 1. The van der Waals surface area contributed by atoms with E-state index in [1.807, 2.05) is 57.2 Å². The van der Waals surface area contributed by atoms with E-state index in [4.69, 9.17) is 0 Å². The van der Waals surface area contributed by atoms with Crippen molar-refractivity contribution in [1.82, 2.24) is 5.32 Å². The molecule has 0 aliphatic rings. The molecule has 0 aliphatic heterocycles. The third-order valence-corrected chi connectivity index (χ3v) is 4.53. The molecule has 2 rings (SSSR count). The molecule has 1 unspecified atom stereocenters. The van der Waals surface area contributed by atoms with Crippen molar-refractivity contribution >= 4 is 11.9 Å². The topological polar surface area (TPSA) is 66.4 Å². The predicted molar refractivity (Wildman–Crippen MR) is 94.3 cm³/mol. The highest BCUT2D eigenvalue weighted by molar-refractivity contribution is 5.96. The zero-order valence-corrected chi connectivity index (χ0v) is 14.3. The monoisotopic (exact) mass is 325 g/mol. The van der Waals surface area contributed by atoms with Crippen molar-refractivity contribution in [2.24, 2.45) is 0 Å². The minimum atomic E-state index is -1.13. The molecule has 0 saturated carbocycles. The van der Waals surface area contributed by atoms with Gasteiger partial charge in [0, 0.05) is 12.1 Å². The Morgan fingerprint density at radius 2 is 1.75 bits per heavy atom. The van der Waals surface area contributed by atoms with E-state index in [0.29, 0.717) is 17.5 Å². The van der Waals surface area contributed by atoms with Crippen molar-refractivity contribution in [3.05, 3.63) is 70.8 Å². The number of rotatable bonds is 6. The zero-order valence-electron chi connectivity index (χ0n) is 14.3. The molecule has 2 aromatic carbocycles. The second-order valence-corrected chi connectivity index (χ2v) is 6.11. The lowest BCUT2D eigenvalue weighted by molar-refractivity contribution is -0.143. The predicted octanol–water partition coefficient (Wildman–Crippen LogP) is 3.47. The van der Waals surface area contributed by atoms with Gasteiger partial charge in [-0.3, -0.25) is 9.59 Å². The van der Waals surface area contributed by atoms with Gasteiger partial charge in [-0.05, 0) is 37.5 Å². The van der Waals surface area contributed by atoms with Crippen molar-refractivity contribution in [2.45, 2.75) is 32.6 Å². The average molecular weight is 325 g/mol. The second kappa shape index (κ2) is 7.30. The van der Waals surface area contributed by atoms with Gasteiger partial charge in [-0.1, -0.05) is 55.0 Å². The minimum Gasteiger partial charge on any atom is -0.481 e. The van der Waals surface area contributed by atoms with E-state index in [0.717, 1.165) is 11.1 Å². The van der Waals surface area contributed by atoms with Crippen LogP contribution in [0.15, 0.2) is 48.5 Å². The van der Waals surface area contributed by atoms with Gasteiger partial charge in [-0.15, -0.1) is 0 Å². The van der Waals surface area contributed by atoms with Crippen LogP contribution in [0.1, 0.15) is 40.4 Å². The van der Waals surface area contributed by atoms with Gasteiger partial charge < -0.3 is 10.4 Å². The number of hydrogen-bond acceptors (Lipinski definition) is 2. The van der Waals surface area contributed by atoms with Crippen LogP contribution in [0.2, 0.25) is 0 Å². The van der Waals surface area contributed by atoms with Gasteiger partial charge in [0.15, 0.2) is 0 Å². The molecule has 0 aliphatic carbocycles. The molecule has 126 valence electrons. The number of hydrogen-bond donors (Lipinski definition) is 2. The van der Waals surface area contributed by atoms with Crippen LogP contribution in [0.3, 0.4) is 0 Å². The largest absolute Gasteiger partial charge is 0.481 e. The van der Waals surface area contributed by atoms with Crippen LogP contribution in [0.25, 0.3) is 0 Å². The summed E-state index contributed by atoms with van der Waals surface area (Å²) in [7, 11) is 0. The summed E-state index contributed by atoms with van der Waals surface area (Å²) < 4.78 is 0. The Labute approximate surface area is 142 Å². The van der Waals surface area contributed by atoms with Gasteiger partial charge in [-0.25, -0.2) is 0 Å². The van der Waals surface area contributed by atoms with Crippen LogP contribution in [0, 0.1) is 13.8 Å². The van der Waals surface area contributed by atoms with Gasteiger partial charge >= 0.3 is 5.97 Å². The maximum atomic E-state index is 12.5. The third-order valence-electron chi connectivity index (χ3n) is 4.53. The van der Waals surface area contributed by atoms with Crippen LogP contribution >= 0.6 is 0 Å². The second-order valence-electron chi connectivity index (χ2n) is 6.11. The van der Waals surface area contributed by atoms with Crippen molar-refractivity contribution in [3.63, 3.8) is 0 Å². The van der Waals surface area contributed by atoms with Crippen LogP contribution in [-0.4, -0.2) is 23.5 Å². The Kier molecular flexibility index (Phi) is 5.39. The molecular formula is C20H23NO3. The molecule has 0 heterocycles. The van der Waals surface area contributed by atoms with E-state index in [1.165, 1.54) is 0 Å². The van der Waals surface area contributed by atoms with Crippen molar-refractivity contribution in [3.8, 4) is 0 Å². The first-order valence-electron chi connectivity index (χ1n) is 8.05. The molecule has 0 saturated heterocycles. The van der Waals surface area contributed by atoms with Crippen LogP contribution in [0.5, 0.6) is 0 Å². The first kappa shape index (κ1) is 17.7. The van der Waals surface area contributed by atoms with E-state index in [2.05, 4.69) is 5.32 Å². The normalized spacial score (nSPS) is 13.1. The molecule has 2 N–H and O–H groups in total. The van der Waals surface area contributed by atoms with Crippen LogP contribution in [0.4, 0.5) is 0 Å². The summed E-state index contributed by atoms with van der Waals surface area (Å²) in [6.45, 7) is 5.67. The number of carbonyl (C=O) groups is 2. The number of carbonyl (C=O) groups excluding carboxylic acids is 1. The Hall–Kier alpha value is -2.62. The molecule has 0 aromatic heterocycles. The van der Waals surface area contributed by atoms with Gasteiger partial charge in [-0.2, -0.15) is 0 Å². The van der Waals surface area contributed by atoms with Crippen molar-refractivity contribution in [1.29, 1.82) is 0 Å². The van der Waals surface area contributed by atoms with Gasteiger partial charge in [0.2, 0.25) is 0 Å². The van der Waals surface area contributed by atoms with Gasteiger partial charge in [0.1, 0.15) is 5.41 Å². The van der Waals surface area contributed by atoms with E-state index >= 15 is 0 Å². The molecule has 0 bridgehead atoms. The third kappa shape index (κ3) is 3.48. The number of carboxylic acid groups (broad SMARTS) is 1. The number of carboxylic acids is 1. The number of nitrogens with one attached hydrogen (secondary N) is 1. The molecule has 24 heavy (non-hydrogen) atoms. The average Bonchev–Trinajstić information content (AvgIpc) is 2.58. The summed E-state index contributed by atoms with van der Waals surface area (Å²) in [4.78, 5) is 24.5. The highest BCUT2D eigenvalue weighted by Gasteiger charge is 2.39. The fourth-order valence-electron chi connectivity index (χ4n) is 2.85. The molecule has 2 aromatic rings. The Morgan fingerprint density at radius 1 is 1.08 bits per heavy atom. The molecule has 0 radical (unpaired) electrons. The summed E-state index contributed by atoms with van der Waals surface area (Å²) in [6.07, 6.45) is 0.388. The number of aryl methyl sites for hydroxylation is 2. The fourth-order valence-corrected chi connectivity index (χ4v) is 2.85. The Bertz CT molecular complexity index is 740. The fraction of sp³-hybridized carbons (Fsp3) is 0.300. The van der Waals surface area contributed by atoms with Crippen LogP contribution < -0.4 is 5.32 Å². The van der Waals surface area contributed by atoms with E-state index in [-0.39, 0.29) is 12.5 Å². The Morgan fingerprint density at radius 3 is 2.33 bits per heavy atom. The molecule has 1 amide bonds. The lowest BCUT2D eigenvalue weighted by Gasteiger charge is -2.29. The molecule has 4 heteroatoms. The maximum Gasteiger partial charge on any atom is 0.315 e. The molecule has 1 atom stereocenters.